The molecule has 0 radical (unpaired) electrons. The molecule has 0 bridgehead atoms. The number of aromatic carboxylic acids is 1. The third kappa shape index (κ3) is 2.78. The van der Waals surface area contributed by atoms with E-state index in [0.29, 0.717) is 27.8 Å². The van der Waals surface area contributed by atoms with Crippen LogP contribution in [0.3, 0.4) is 0 Å². The fourth-order valence-corrected chi connectivity index (χ4v) is 2.42. The number of hydrogen-bond donors (Lipinski definition) is 3. The van der Waals surface area contributed by atoms with Gasteiger partial charge in [-0.05, 0) is 12.1 Å². The SMILES string of the molecule is Nc1cccc2c(NCc3ccccc3F)c(C(=O)O)cnc12. The van der Waals surface area contributed by atoms with Crippen LogP contribution in [0.2, 0.25) is 0 Å². The molecule has 0 spiro atoms. The van der Waals surface area contributed by atoms with E-state index in [-0.39, 0.29) is 17.9 Å². The van der Waals surface area contributed by atoms with E-state index in [2.05, 4.69) is 10.3 Å². The minimum Gasteiger partial charge on any atom is -0.478 e. The summed E-state index contributed by atoms with van der Waals surface area (Å²) in [7, 11) is 0. The summed E-state index contributed by atoms with van der Waals surface area (Å²) in [6, 6.07) is 11.5. The molecule has 5 nitrogen and oxygen atoms in total. The highest BCUT2D eigenvalue weighted by atomic mass is 19.1. The second-order valence-corrected chi connectivity index (χ2v) is 5.04. The van der Waals surface area contributed by atoms with Gasteiger partial charge in [0.2, 0.25) is 0 Å². The van der Waals surface area contributed by atoms with Crippen molar-refractivity contribution in [1.82, 2.24) is 4.98 Å². The molecule has 2 aromatic carbocycles. The zero-order valence-electron chi connectivity index (χ0n) is 12.1. The van der Waals surface area contributed by atoms with Gasteiger partial charge < -0.3 is 16.2 Å². The molecule has 0 unspecified atom stereocenters. The van der Waals surface area contributed by atoms with Gasteiger partial charge in [-0.25, -0.2) is 9.18 Å². The molecule has 0 saturated carbocycles. The van der Waals surface area contributed by atoms with Crippen LogP contribution in [-0.4, -0.2) is 16.1 Å². The number of pyridine rings is 1. The van der Waals surface area contributed by atoms with Gasteiger partial charge in [-0.1, -0.05) is 30.3 Å². The molecule has 0 saturated heterocycles. The molecule has 116 valence electrons. The molecule has 3 aromatic rings. The van der Waals surface area contributed by atoms with Crippen LogP contribution in [0, 0.1) is 5.82 Å². The number of benzene rings is 2. The van der Waals surface area contributed by atoms with Gasteiger partial charge in [-0.15, -0.1) is 0 Å². The molecule has 1 heterocycles. The summed E-state index contributed by atoms with van der Waals surface area (Å²) >= 11 is 0. The highest BCUT2D eigenvalue weighted by Gasteiger charge is 2.16. The van der Waals surface area contributed by atoms with Crippen molar-refractivity contribution >= 4 is 28.2 Å². The third-order valence-electron chi connectivity index (χ3n) is 3.57. The number of carbonyl (C=O) groups is 1. The molecular formula is C17H14FN3O2. The lowest BCUT2D eigenvalue weighted by atomic mass is 10.1. The Morgan fingerprint density at radius 2 is 2.00 bits per heavy atom. The molecule has 1 aromatic heterocycles. The number of fused-ring (bicyclic) bond motifs is 1. The number of aromatic nitrogens is 1. The fraction of sp³-hybridized carbons (Fsp3) is 0.0588. The van der Waals surface area contributed by atoms with Crippen molar-refractivity contribution in [2.75, 3.05) is 11.1 Å². The van der Waals surface area contributed by atoms with Crippen LogP contribution in [0.15, 0.2) is 48.7 Å². The molecule has 0 aliphatic heterocycles. The van der Waals surface area contributed by atoms with Crippen molar-refractivity contribution < 1.29 is 14.3 Å². The Morgan fingerprint density at radius 3 is 2.74 bits per heavy atom. The zero-order valence-corrected chi connectivity index (χ0v) is 12.1. The minimum atomic E-state index is -1.11. The first-order chi connectivity index (χ1) is 11.1. The lowest BCUT2D eigenvalue weighted by molar-refractivity contribution is 0.0697. The third-order valence-corrected chi connectivity index (χ3v) is 3.57. The first-order valence-electron chi connectivity index (χ1n) is 6.95. The van der Waals surface area contributed by atoms with E-state index in [9.17, 15) is 14.3 Å². The molecule has 3 rings (SSSR count). The van der Waals surface area contributed by atoms with E-state index in [1.807, 2.05) is 0 Å². The van der Waals surface area contributed by atoms with E-state index in [4.69, 9.17) is 5.73 Å². The number of hydrogen-bond acceptors (Lipinski definition) is 4. The van der Waals surface area contributed by atoms with Crippen molar-refractivity contribution in [3.63, 3.8) is 0 Å². The smallest absolute Gasteiger partial charge is 0.339 e. The highest BCUT2D eigenvalue weighted by molar-refractivity contribution is 6.06. The van der Waals surface area contributed by atoms with Crippen molar-refractivity contribution in [1.29, 1.82) is 0 Å². The first-order valence-corrected chi connectivity index (χ1v) is 6.95. The molecule has 0 atom stereocenters. The molecule has 0 amide bonds. The second-order valence-electron chi connectivity index (χ2n) is 5.04. The summed E-state index contributed by atoms with van der Waals surface area (Å²) in [4.78, 5) is 15.6. The second kappa shape index (κ2) is 5.92. The number of halogens is 1. The van der Waals surface area contributed by atoms with Crippen molar-refractivity contribution in [3.05, 3.63) is 65.6 Å². The summed E-state index contributed by atoms with van der Waals surface area (Å²) in [6.45, 7) is 0.154. The van der Waals surface area contributed by atoms with Crippen LogP contribution < -0.4 is 11.1 Å². The number of anilines is 2. The standard InChI is InChI=1S/C17H14FN3O2/c18-13-6-2-1-4-10(13)8-20-15-11-5-3-7-14(19)16(11)21-9-12(15)17(22)23/h1-7,9H,8,19H2,(H,20,21)(H,22,23). The van der Waals surface area contributed by atoms with Gasteiger partial charge in [-0.2, -0.15) is 0 Å². The zero-order chi connectivity index (χ0) is 16.4. The van der Waals surface area contributed by atoms with E-state index in [0.717, 1.165) is 0 Å². The summed E-state index contributed by atoms with van der Waals surface area (Å²) in [5.41, 5.74) is 7.67. The van der Waals surface area contributed by atoms with E-state index in [1.54, 1.807) is 36.4 Å². The maximum atomic E-state index is 13.7. The van der Waals surface area contributed by atoms with Gasteiger partial charge in [0.05, 0.1) is 16.9 Å². The quantitative estimate of drug-likeness (QED) is 0.644. The van der Waals surface area contributed by atoms with Gasteiger partial charge in [0, 0.05) is 23.7 Å². The Bertz CT molecular complexity index is 896. The summed E-state index contributed by atoms with van der Waals surface area (Å²) in [6.07, 6.45) is 1.25. The van der Waals surface area contributed by atoms with Crippen LogP contribution >= 0.6 is 0 Å². The average Bonchev–Trinajstić information content (AvgIpc) is 2.54. The van der Waals surface area contributed by atoms with Crippen molar-refractivity contribution in [2.24, 2.45) is 0 Å². The van der Waals surface area contributed by atoms with E-state index < -0.39 is 5.97 Å². The summed E-state index contributed by atoms with van der Waals surface area (Å²) in [5.74, 6) is -1.47. The Balaban J connectivity index is 2.07. The molecule has 0 fully saturated rings. The van der Waals surface area contributed by atoms with Gasteiger partial charge >= 0.3 is 5.97 Å². The number of carboxylic acids is 1. The molecule has 23 heavy (non-hydrogen) atoms. The largest absolute Gasteiger partial charge is 0.478 e. The number of nitrogens with one attached hydrogen (secondary N) is 1. The number of para-hydroxylation sites is 1. The van der Waals surface area contributed by atoms with Crippen molar-refractivity contribution in [3.8, 4) is 0 Å². The molecule has 6 heteroatoms. The summed E-state index contributed by atoms with van der Waals surface area (Å²) < 4.78 is 13.7. The normalized spacial score (nSPS) is 10.7. The Kier molecular flexibility index (Phi) is 3.80. The maximum Gasteiger partial charge on any atom is 0.339 e. The lowest BCUT2D eigenvalue weighted by Crippen LogP contribution is -2.09. The Labute approximate surface area is 131 Å². The van der Waals surface area contributed by atoms with Crippen LogP contribution in [-0.2, 0) is 6.54 Å². The molecular weight excluding hydrogens is 297 g/mol. The number of nitrogens with zero attached hydrogens (tertiary/aromatic N) is 1. The number of nitrogens with two attached hydrogens (primary N) is 1. The van der Waals surface area contributed by atoms with Crippen LogP contribution in [0.4, 0.5) is 15.8 Å². The lowest BCUT2D eigenvalue weighted by Gasteiger charge is -2.13. The minimum absolute atomic E-state index is 0.0134. The fourth-order valence-electron chi connectivity index (χ4n) is 2.42. The van der Waals surface area contributed by atoms with E-state index >= 15 is 0 Å². The predicted octanol–water partition coefficient (Wildman–Crippen LogP) is 3.27. The van der Waals surface area contributed by atoms with Crippen LogP contribution in [0.25, 0.3) is 10.9 Å². The molecule has 0 aliphatic rings. The average molecular weight is 311 g/mol. The Hall–Kier alpha value is -3.15. The first kappa shape index (κ1) is 14.8. The highest BCUT2D eigenvalue weighted by Crippen LogP contribution is 2.29. The van der Waals surface area contributed by atoms with Crippen molar-refractivity contribution in [2.45, 2.75) is 6.54 Å². The number of nitrogen functional groups attached to an aromatic ring is 1. The van der Waals surface area contributed by atoms with Crippen LogP contribution in [0.1, 0.15) is 15.9 Å². The van der Waals surface area contributed by atoms with Gasteiger partial charge in [-0.3, -0.25) is 4.98 Å². The monoisotopic (exact) mass is 311 g/mol. The van der Waals surface area contributed by atoms with Gasteiger partial charge in [0.25, 0.3) is 0 Å². The maximum absolute atomic E-state index is 13.7. The van der Waals surface area contributed by atoms with Gasteiger partial charge in [0.15, 0.2) is 0 Å². The summed E-state index contributed by atoms with van der Waals surface area (Å²) in [5, 5.41) is 13.0. The van der Waals surface area contributed by atoms with E-state index in [1.165, 1.54) is 12.3 Å². The van der Waals surface area contributed by atoms with Crippen LogP contribution in [0.5, 0.6) is 0 Å². The predicted molar refractivity (Wildman–Crippen MR) is 86.8 cm³/mol. The topological polar surface area (TPSA) is 88.2 Å². The molecule has 4 N–H and O–H groups in total. The molecule has 0 aliphatic carbocycles. The Morgan fingerprint density at radius 1 is 1.22 bits per heavy atom. The van der Waals surface area contributed by atoms with Gasteiger partial charge in [0.1, 0.15) is 11.4 Å². The number of carboxylic acid groups (broad SMARTS) is 1. The number of rotatable bonds is 4.